The van der Waals surface area contributed by atoms with Crippen LogP contribution in [0.5, 0.6) is 0 Å². The molecule has 0 atom stereocenters. The van der Waals surface area contributed by atoms with Crippen molar-refractivity contribution in [1.29, 1.82) is 0 Å². The third kappa shape index (κ3) is 5.62. The van der Waals surface area contributed by atoms with Crippen molar-refractivity contribution >= 4 is 60.5 Å². The van der Waals surface area contributed by atoms with Gasteiger partial charge in [-0.2, -0.15) is 4.99 Å². The number of nitrogens with one attached hydrogen (secondary N) is 1. The molecule has 0 bridgehead atoms. The number of methoxy groups -OCH3 is 1. The number of non-ortho nitro benzene ring substituents is 1. The van der Waals surface area contributed by atoms with Crippen molar-refractivity contribution in [2.45, 2.75) is 11.4 Å². The van der Waals surface area contributed by atoms with E-state index in [2.05, 4.69) is 9.71 Å². The molecule has 0 fully saturated rings. The van der Waals surface area contributed by atoms with Crippen LogP contribution in [0.15, 0.2) is 76.6 Å². The maximum absolute atomic E-state index is 12.9. The average Bonchev–Trinajstić information content (AvgIpc) is 3.19. The maximum Gasteiger partial charge on any atom is 0.279 e. The highest BCUT2D eigenvalue weighted by Crippen LogP contribution is 2.24. The molecule has 13 heteroatoms. The minimum Gasteiger partial charge on any atom is -0.383 e. The summed E-state index contributed by atoms with van der Waals surface area (Å²) in [6.07, 6.45) is 0. The normalized spacial score (nSPS) is 12.1. The van der Waals surface area contributed by atoms with E-state index in [1.165, 1.54) is 60.7 Å². The first-order valence-electron chi connectivity index (χ1n) is 10.4. The summed E-state index contributed by atoms with van der Waals surface area (Å²) in [6, 6.07) is 16.0. The number of hydrogen-bond donors (Lipinski definition) is 1. The van der Waals surface area contributed by atoms with Crippen molar-refractivity contribution in [2.24, 2.45) is 4.99 Å². The Balaban J connectivity index is 1.61. The zero-order valence-corrected chi connectivity index (χ0v) is 21.1. The highest BCUT2D eigenvalue weighted by molar-refractivity contribution is 7.92. The molecule has 186 valence electrons. The average molecular weight is 547 g/mol. The molecule has 3 aromatic carbocycles. The van der Waals surface area contributed by atoms with Crippen molar-refractivity contribution in [1.82, 2.24) is 4.57 Å². The van der Waals surface area contributed by atoms with Crippen molar-refractivity contribution in [3.63, 3.8) is 0 Å². The first kappa shape index (κ1) is 25.5. The fourth-order valence-electron chi connectivity index (χ4n) is 3.32. The molecule has 1 aromatic heterocycles. The Hall–Kier alpha value is -3.58. The van der Waals surface area contributed by atoms with E-state index in [-0.39, 0.29) is 21.8 Å². The van der Waals surface area contributed by atoms with Crippen LogP contribution in [0, 0.1) is 10.1 Å². The zero-order valence-electron chi connectivity index (χ0n) is 18.8. The van der Waals surface area contributed by atoms with Crippen LogP contribution in [-0.2, 0) is 21.3 Å². The van der Waals surface area contributed by atoms with Crippen LogP contribution in [0.3, 0.4) is 0 Å². The van der Waals surface area contributed by atoms with E-state index >= 15 is 0 Å². The number of halogens is 1. The zero-order chi connectivity index (χ0) is 25.9. The van der Waals surface area contributed by atoms with Gasteiger partial charge in [0.05, 0.1) is 26.6 Å². The second kappa shape index (κ2) is 10.6. The van der Waals surface area contributed by atoms with Gasteiger partial charge in [0, 0.05) is 42.1 Å². The Morgan fingerprint density at radius 2 is 1.83 bits per heavy atom. The molecule has 0 aliphatic rings. The first-order valence-corrected chi connectivity index (χ1v) is 13.1. The van der Waals surface area contributed by atoms with Gasteiger partial charge in [0.1, 0.15) is 0 Å². The van der Waals surface area contributed by atoms with Gasteiger partial charge in [0.25, 0.3) is 21.6 Å². The molecule has 0 saturated carbocycles. The number of thiazole rings is 1. The molecule has 36 heavy (non-hydrogen) atoms. The summed E-state index contributed by atoms with van der Waals surface area (Å²) in [5, 5.41) is 11.6. The Bertz CT molecular complexity index is 1610. The van der Waals surface area contributed by atoms with Crippen LogP contribution in [0.4, 0.5) is 11.4 Å². The third-order valence-corrected chi connectivity index (χ3v) is 7.79. The quantitative estimate of drug-likeness (QED) is 0.256. The van der Waals surface area contributed by atoms with E-state index in [9.17, 15) is 23.3 Å². The summed E-state index contributed by atoms with van der Waals surface area (Å²) in [7, 11) is -2.28. The van der Waals surface area contributed by atoms with Crippen molar-refractivity contribution in [3.05, 3.63) is 92.2 Å². The highest BCUT2D eigenvalue weighted by Gasteiger charge is 2.16. The third-order valence-electron chi connectivity index (χ3n) is 5.10. The number of hydrogen-bond acceptors (Lipinski definition) is 7. The molecule has 1 N–H and O–H groups in total. The second-order valence-electron chi connectivity index (χ2n) is 7.49. The molecule has 0 aliphatic carbocycles. The lowest BCUT2D eigenvalue weighted by Gasteiger charge is -2.08. The molecule has 1 amide bonds. The predicted octanol–water partition coefficient (Wildman–Crippen LogP) is 4.45. The van der Waals surface area contributed by atoms with Crippen LogP contribution in [0.2, 0.25) is 5.02 Å². The van der Waals surface area contributed by atoms with Gasteiger partial charge in [-0.05, 0) is 54.6 Å². The number of nitrogens with zero attached hydrogens (tertiary/aromatic N) is 3. The van der Waals surface area contributed by atoms with Gasteiger partial charge >= 0.3 is 0 Å². The molecular weight excluding hydrogens is 528 g/mol. The van der Waals surface area contributed by atoms with Gasteiger partial charge in [0.15, 0.2) is 4.80 Å². The van der Waals surface area contributed by atoms with Gasteiger partial charge in [-0.25, -0.2) is 8.42 Å². The van der Waals surface area contributed by atoms with E-state index in [1.54, 1.807) is 17.7 Å². The number of carbonyl (C=O) groups excluding carboxylic acids is 1. The predicted molar refractivity (Wildman–Crippen MR) is 137 cm³/mol. The largest absolute Gasteiger partial charge is 0.383 e. The number of nitro groups is 1. The molecule has 0 spiro atoms. The van der Waals surface area contributed by atoms with Gasteiger partial charge in [-0.1, -0.05) is 22.9 Å². The highest BCUT2D eigenvalue weighted by atomic mass is 35.5. The fourth-order valence-corrected chi connectivity index (χ4v) is 5.59. The topological polar surface area (TPSA) is 133 Å². The van der Waals surface area contributed by atoms with Crippen molar-refractivity contribution in [3.8, 4) is 0 Å². The lowest BCUT2D eigenvalue weighted by molar-refractivity contribution is -0.384. The maximum atomic E-state index is 12.9. The number of aromatic nitrogens is 1. The molecule has 1 heterocycles. The summed E-state index contributed by atoms with van der Waals surface area (Å²) < 4.78 is 35.1. The number of benzene rings is 3. The number of sulfonamides is 1. The minimum absolute atomic E-state index is 0.0488. The lowest BCUT2D eigenvalue weighted by atomic mass is 10.2. The van der Waals surface area contributed by atoms with Crippen LogP contribution < -0.4 is 9.52 Å². The molecule has 10 nitrogen and oxygen atoms in total. The van der Waals surface area contributed by atoms with E-state index in [1.807, 2.05) is 0 Å². The van der Waals surface area contributed by atoms with Crippen LogP contribution in [0.25, 0.3) is 10.2 Å². The number of anilines is 1. The van der Waals surface area contributed by atoms with E-state index in [4.69, 9.17) is 16.3 Å². The number of rotatable bonds is 8. The van der Waals surface area contributed by atoms with Gasteiger partial charge in [0.2, 0.25) is 0 Å². The molecule has 0 unspecified atom stereocenters. The van der Waals surface area contributed by atoms with Crippen LogP contribution in [-0.4, -0.2) is 37.5 Å². The number of fused-ring (bicyclic) bond motifs is 1. The number of amides is 1. The summed E-state index contributed by atoms with van der Waals surface area (Å²) in [5.41, 5.74) is 1.15. The van der Waals surface area contributed by atoms with Crippen LogP contribution in [0.1, 0.15) is 10.4 Å². The molecule has 0 aliphatic heterocycles. The summed E-state index contributed by atoms with van der Waals surface area (Å²) in [6.45, 7) is 0.749. The molecular formula is C23H19ClN4O6S2. The number of ether oxygens (including phenoxy) is 1. The van der Waals surface area contributed by atoms with Gasteiger partial charge < -0.3 is 9.30 Å². The van der Waals surface area contributed by atoms with E-state index in [0.29, 0.717) is 33.2 Å². The van der Waals surface area contributed by atoms with E-state index < -0.39 is 20.9 Å². The van der Waals surface area contributed by atoms with Crippen molar-refractivity contribution in [2.75, 3.05) is 18.4 Å². The van der Waals surface area contributed by atoms with Crippen LogP contribution >= 0.6 is 22.9 Å². The Kier molecular flexibility index (Phi) is 7.50. The summed E-state index contributed by atoms with van der Waals surface area (Å²) in [4.78, 5) is 28.2. The first-order chi connectivity index (χ1) is 17.2. The smallest absolute Gasteiger partial charge is 0.279 e. The Morgan fingerprint density at radius 3 is 2.47 bits per heavy atom. The van der Waals surface area contributed by atoms with Gasteiger partial charge in [-0.3, -0.25) is 19.6 Å². The summed E-state index contributed by atoms with van der Waals surface area (Å²) >= 11 is 6.97. The van der Waals surface area contributed by atoms with Gasteiger partial charge in [-0.15, -0.1) is 0 Å². The fraction of sp³-hybridized carbons (Fsp3) is 0.130. The number of carbonyl (C=O) groups is 1. The lowest BCUT2D eigenvalue weighted by Crippen LogP contribution is -2.19. The van der Waals surface area contributed by atoms with E-state index in [0.717, 1.165) is 11.3 Å². The number of nitro benzene ring substituents is 1. The Labute approximate surface area is 214 Å². The van der Waals surface area contributed by atoms with Crippen molar-refractivity contribution < 1.29 is 22.9 Å². The SMILES string of the molecule is COCCn1c(=NC(=O)c2ccc(NS(=O)(=O)c3ccc(Cl)cc3)cc2)sc2cc([N+](=O)[O-])ccc21. The second-order valence-corrected chi connectivity index (χ2v) is 10.6. The molecule has 0 saturated heterocycles. The molecule has 4 aromatic rings. The summed E-state index contributed by atoms with van der Waals surface area (Å²) in [5.74, 6) is -0.547. The minimum atomic E-state index is -3.83. The molecule has 0 radical (unpaired) electrons. The monoisotopic (exact) mass is 546 g/mol. The molecule has 4 rings (SSSR count). The standard InChI is InChI=1S/C23H19ClN4O6S2/c1-34-13-12-27-20-11-8-18(28(30)31)14-21(20)35-23(27)25-22(29)15-2-6-17(7-3-15)26-36(32,33)19-9-4-16(24)5-10-19/h2-11,14,26H,12-13H2,1H3. The Morgan fingerprint density at radius 1 is 1.14 bits per heavy atom.